The minimum atomic E-state index is -4.43. The Labute approximate surface area is 158 Å². The van der Waals surface area contributed by atoms with E-state index in [1.165, 1.54) is 31.4 Å². The number of rotatable bonds is 5. The SMILES string of the molecule is COc1cccc(C(=O)Nc2ccc(Nc3cccc(C(F)(F)F)c3)nn2)c1. The lowest BCUT2D eigenvalue weighted by Gasteiger charge is -2.10. The molecule has 0 aliphatic heterocycles. The van der Waals surface area contributed by atoms with Gasteiger partial charge in [0.15, 0.2) is 11.6 Å². The highest BCUT2D eigenvalue weighted by molar-refractivity contribution is 6.03. The van der Waals surface area contributed by atoms with E-state index in [2.05, 4.69) is 20.8 Å². The number of nitrogens with one attached hydrogen (secondary N) is 2. The number of hydrogen-bond acceptors (Lipinski definition) is 5. The van der Waals surface area contributed by atoms with Crippen molar-refractivity contribution in [1.82, 2.24) is 10.2 Å². The normalized spacial score (nSPS) is 11.0. The van der Waals surface area contributed by atoms with Crippen LogP contribution in [0, 0.1) is 0 Å². The largest absolute Gasteiger partial charge is 0.497 e. The van der Waals surface area contributed by atoms with Gasteiger partial charge >= 0.3 is 6.18 Å². The number of anilines is 3. The monoisotopic (exact) mass is 388 g/mol. The topological polar surface area (TPSA) is 76.1 Å². The van der Waals surface area contributed by atoms with E-state index in [-0.39, 0.29) is 17.3 Å². The summed E-state index contributed by atoms with van der Waals surface area (Å²) >= 11 is 0. The van der Waals surface area contributed by atoms with Crippen molar-refractivity contribution in [2.75, 3.05) is 17.7 Å². The van der Waals surface area contributed by atoms with Crippen LogP contribution < -0.4 is 15.4 Å². The van der Waals surface area contributed by atoms with Gasteiger partial charge in [0.25, 0.3) is 5.91 Å². The average Bonchev–Trinajstić information content (AvgIpc) is 2.69. The molecule has 1 heterocycles. The first-order valence-electron chi connectivity index (χ1n) is 8.08. The lowest BCUT2D eigenvalue weighted by Crippen LogP contribution is -2.13. The number of carbonyl (C=O) groups is 1. The van der Waals surface area contributed by atoms with E-state index in [9.17, 15) is 18.0 Å². The lowest BCUT2D eigenvalue weighted by molar-refractivity contribution is -0.137. The van der Waals surface area contributed by atoms with Gasteiger partial charge in [0.1, 0.15) is 5.75 Å². The molecule has 0 radical (unpaired) electrons. The zero-order valence-corrected chi connectivity index (χ0v) is 14.6. The van der Waals surface area contributed by atoms with Gasteiger partial charge in [-0.05, 0) is 48.5 Å². The number of amides is 1. The van der Waals surface area contributed by atoms with Crippen LogP contribution in [0.1, 0.15) is 15.9 Å². The van der Waals surface area contributed by atoms with Crippen LogP contribution in [0.25, 0.3) is 0 Å². The van der Waals surface area contributed by atoms with Crippen molar-refractivity contribution in [3.63, 3.8) is 0 Å². The number of hydrogen-bond donors (Lipinski definition) is 2. The fraction of sp³-hybridized carbons (Fsp3) is 0.105. The fourth-order valence-corrected chi connectivity index (χ4v) is 2.34. The van der Waals surface area contributed by atoms with Crippen molar-refractivity contribution >= 4 is 23.2 Å². The second kappa shape index (κ2) is 7.95. The van der Waals surface area contributed by atoms with Crippen LogP contribution in [0.5, 0.6) is 5.75 Å². The molecule has 1 aromatic heterocycles. The molecule has 144 valence electrons. The summed E-state index contributed by atoms with van der Waals surface area (Å²) in [5, 5.41) is 13.0. The van der Waals surface area contributed by atoms with Crippen LogP contribution in [0.2, 0.25) is 0 Å². The van der Waals surface area contributed by atoms with E-state index in [0.717, 1.165) is 12.1 Å². The predicted octanol–water partition coefficient (Wildman–Crippen LogP) is 4.50. The van der Waals surface area contributed by atoms with E-state index < -0.39 is 17.6 Å². The van der Waals surface area contributed by atoms with Gasteiger partial charge in [-0.3, -0.25) is 4.79 Å². The van der Waals surface area contributed by atoms with Crippen molar-refractivity contribution in [2.45, 2.75) is 6.18 Å². The lowest BCUT2D eigenvalue weighted by atomic mass is 10.2. The minimum absolute atomic E-state index is 0.197. The molecule has 0 spiro atoms. The van der Waals surface area contributed by atoms with Crippen molar-refractivity contribution < 1.29 is 22.7 Å². The van der Waals surface area contributed by atoms with Gasteiger partial charge in [-0.25, -0.2) is 0 Å². The van der Waals surface area contributed by atoms with E-state index in [4.69, 9.17) is 4.74 Å². The van der Waals surface area contributed by atoms with Crippen LogP contribution in [0.3, 0.4) is 0 Å². The molecule has 9 heteroatoms. The summed E-state index contributed by atoms with van der Waals surface area (Å²) in [5.41, 5.74) is -0.169. The molecule has 2 aromatic carbocycles. The third-order valence-electron chi connectivity index (χ3n) is 3.70. The molecule has 0 bridgehead atoms. The van der Waals surface area contributed by atoms with E-state index >= 15 is 0 Å². The predicted molar refractivity (Wildman–Crippen MR) is 97.7 cm³/mol. The maximum atomic E-state index is 12.8. The number of halogens is 3. The Morgan fingerprint density at radius 1 is 0.964 bits per heavy atom. The molecule has 28 heavy (non-hydrogen) atoms. The Kier molecular flexibility index (Phi) is 5.44. The summed E-state index contributed by atoms with van der Waals surface area (Å²) < 4.78 is 43.4. The Balaban J connectivity index is 1.67. The molecule has 0 saturated carbocycles. The standard InChI is InChI=1S/C19H15F3N4O2/c1-28-15-7-2-4-12(10-15)18(27)24-17-9-8-16(25-26-17)23-14-6-3-5-13(11-14)19(20,21)22/h2-11H,1H3,(H,23,25)(H,24,26,27). The average molecular weight is 388 g/mol. The van der Waals surface area contributed by atoms with E-state index in [1.807, 2.05) is 0 Å². The number of benzene rings is 2. The van der Waals surface area contributed by atoms with Crippen LogP contribution in [0.15, 0.2) is 60.7 Å². The smallest absolute Gasteiger partial charge is 0.416 e. The molecule has 0 unspecified atom stereocenters. The molecular formula is C19H15F3N4O2. The van der Waals surface area contributed by atoms with Crippen LogP contribution in [-0.2, 0) is 6.18 Å². The Hall–Kier alpha value is -3.62. The Morgan fingerprint density at radius 2 is 1.68 bits per heavy atom. The van der Waals surface area contributed by atoms with Gasteiger partial charge in [-0.1, -0.05) is 12.1 Å². The van der Waals surface area contributed by atoms with E-state index in [0.29, 0.717) is 11.3 Å². The Morgan fingerprint density at radius 3 is 2.36 bits per heavy atom. The van der Waals surface area contributed by atoms with Crippen LogP contribution in [0.4, 0.5) is 30.5 Å². The first-order chi connectivity index (χ1) is 13.3. The van der Waals surface area contributed by atoms with Gasteiger partial charge in [-0.15, -0.1) is 10.2 Å². The summed E-state index contributed by atoms with van der Waals surface area (Å²) in [5.74, 6) is 0.576. The molecule has 0 atom stereocenters. The second-order valence-electron chi connectivity index (χ2n) is 5.69. The second-order valence-corrected chi connectivity index (χ2v) is 5.69. The highest BCUT2D eigenvalue weighted by Gasteiger charge is 2.30. The van der Waals surface area contributed by atoms with Gasteiger partial charge < -0.3 is 15.4 Å². The summed E-state index contributed by atoms with van der Waals surface area (Å²) in [6.45, 7) is 0. The molecule has 1 amide bonds. The summed E-state index contributed by atoms with van der Waals surface area (Å²) in [6.07, 6.45) is -4.43. The maximum absolute atomic E-state index is 12.8. The van der Waals surface area contributed by atoms with Gasteiger partial charge in [-0.2, -0.15) is 13.2 Å². The molecular weight excluding hydrogens is 373 g/mol. The summed E-state index contributed by atoms with van der Waals surface area (Å²) in [7, 11) is 1.50. The highest BCUT2D eigenvalue weighted by Crippen LogP contribution is 2.31. The molecule has 2 N–H and O–H groups in total. The third kappa shape index (κ3) is 4.76. The first kappa shape index (κ1) is 19.2. The molecule has 0 fully saturated rings. The summed E-state index contributed by atoms with van der Waals surface area (Å²) in [6, 6.07) is 14.3. The quantitative estimate of drug-likeness (QED) is 0.673. The van der Waals surface area contributed by atoms with Crippen molar-refractivity contribution in [3.8, 4) is 5.75 Å². The van der Waals surface area contributed by atoms with Gasteiger partial charge in [0, 0.05) is 11.3 Å². The van der Waals surface area contributed by atoms with Crippen LogP contribution >= 0.6 is 0 Å². The van der Waals surface area contributed by atoms with Gasteiger partial charge in [0.05, 0.1) is 12.7 Å². The number of methoxy groups -OCH3 is 1. The molecule has 0 aliphatic carbocycles. The molecule has 0 aliphatic rings. The van der Waals surface area contributed by atoms with Crippen molar-refractivity contribution in [1.29, 1.82) is 0 Å². The number of alkyl halides is 3. The molecule has 6 nitrogen and oxygen atoms in total. The number of nitrogens with zero attached hydrogens (tertiary/aromatic N) is 2. The first-order valence-corrected chi connectivity index (χ1v) is 8.08. The third-order valence-corrected chi connectivity index (χ3v) is 3.70. The summed E-state index contributed by atoms with van der Waals surface area (Å²) in [4.78, 5) is 12.2. The highest BCUT2D eigenvalue weighted by atomic mass is 19.4. The minimum Gasteiger partial charge on any atom is -0.497 e. The maximum Gasteiger partial charge on any atom is 0.416 e. The number of aromatic nitrogens is 2. The molecule has 3 aromatic rings. The zero-order chi connectivity index (χ0) is 20.1. The fourth-order valence-electron chi connectivity index (χ4n) is 2.34. The molecule has 0 saturated heterocycles. The van der Waals surface area contributed by atoms with Gasteiger partial charge in [0.2, 0.25) is 0 Å². The van der Waals surface area contributed by atoms with E-state index in [1.54, 1.807) is 24.3 Å². The van der Waals surface area contributed by atoms with Crippen LogP contribution in [-0.4, -0.2) is 23.2 Å². The molecule has 3 rings (SSSR count). The van der Waals surface area contributed by atoms with Crippen molar-refractivity contribution in [3.05, 3.63) is 71.8 Å². The zero-order valence-electron chi connectivity index (χ0n) is 14.6. The van der Waals surface area contributed by atoms with Crippen molar-refractivity contribution in [2.24, 2.45) is 0 Å². The number of carbonyl (C=O) groups excluding carboxylic acids is 1. The Bertz CT molecular complexity index is 975. The number of ether oxygens (including phenoxy) is 1.